The summed E-state index contributed by atoms with van der Waals surface area (Å²) in [6, 6.07) is 12.1. The molecule has 0 saturated heterocycles. The number of aryl methyl sites for hydroxylation is 1. The average Bonchev–Trinajstić information content (AvgIpc) is 2.40. The molecular formula is C17H16BrFO2. The van der Waals surface area contributed by atoms with Gasteiger partial charge in [-0.1, -0.05) is 34.1 Å². The average molecular weight is 351 g/mol. The number of rotatable bonds is 5. The normalized spacial score (nSPS) is 12.1. The lowest BCUT2D eigenvalue weighted by Crippen LogP contribution is -2.19. The van der Waals surface area contributed by atoms with Crippen molar-refractivity contribution in [3.63, 3.8) is 0 Å². The Morgan fingerprint density at radius 1 is 1.24 bits per heavy atom. The van der Waals surface area contributed by atoms with Crippen LogP contribution in [0, 0.1) is 18.7 Å². The summed E-state index contributed by atoms with van der Waals surface area (Å²) >= 11 is 3.39. The zero-order chi connectivity index (χ0) is 15.4. The molecule has 1 atom stereocenters. The lowest BCUT2D eigenvalue weighted by atomic mass is 9.91. The van der Waals surface area contributed by atoms with Crippen LogP contribution in [-0.4, -0.2) is 11.1 Å². The Morgan fingerprint density at radius 2 is 2.00 bits per heavy atom. The van der Waals surface area contributed by atoms with Crippen LogP contribution in [0.25, 0.3) is 0 Å². The zero-order valence-electron chi connectivity index (χ0n) is 11.6. The standard InChI is InChI=1S/C17H16BrFO2/c1-11-7-16(19)6-5-13(11)10-14(17(20)21)8-12-3-2-4-15(18)9-12/h2-7,9,14H,8,10H2,1H3,(H,20,21). The lowest BCUT2D eigenvalue weighted by molar-refractivity contribution is -0.141. The molecule has 0 radical (unpaired) electrons. The minimum atomic E-state index is -0.835. The van der Waals surface area contributed by atoms with E-state index < -0.39 is 11.9 Å². The van der Waals surface area contributed by atoms with E-state index in [4.69, 9.17) is 0 Å². The molecular weight excluding hydrogens is 335 g/mol. The summed E-state index contributed by atoms with van der Waals surface area (Å²) in [5, 5.41) is 9.42. The van der Waals surface area contributed by atoms with Gasteiger partial charge in [-0.2, -0.15) is 0 Å². The quantitative estimate of drug-likeness (QED) is 0.868. The first-order valence-electron chi connectivity index (χ1n) is 6.68. The highest BCUT2D eigenvalue weighted by molar-refractivity contribution is 9.10. The molecule has 0 spiro atoms. The van der Waals surface area contributed by atoms with Crippen molar-refractivity contribution in [2.24, 2.45) is 5.92 Å². The van der Waals surface area contributed by atoms with Gasteiger partial charge in [0.15, 0.2) is 0 Å². The summed E-state index contributed by atoms with van der Waals surface area (Å²) in [7, 11) is 0. The second kappa shape index (κ2) is 6.85. The van der Waals surface area contributed by atoms with E-state index in [1.54, 1.807) is 13.0 Å². The van der Waals surface area contributed by atoms with Crippen molar-refractivity contribution in [3.05, 3.63) is 69.4 Å². The Bertz CT molecular complexity index is 655. The molecule has 2 nitrogen and oxygen atoms in total. The van der Waals surface area contributed by atoms with Crippen LogP contribution >= 0.6 is 15.9 Å². The first kappa shape index (κ1) is 15.7. The summed E-state index contributed by atoms with van der Waals surface area (Å²) < 4.78 is 14.0. The van der Waals surface area contributed by atoms with Crippen molar-refractivity contribution in [3.8, 4) is 0 Å². The summed E-state index contributed by atoms with van der Waals surface area (Å²) in [6.45, 7) is 1.80. The van der Waals surface area contributed by atoms with Gasteiger partial charge in [-0.25, -0.2) is 4.39 Å². The van der Waals surface area contributed by atoms with E-state index in [2.05, 4.69) is 15.9 Å². The Morgan fingerprint density at radius 3 is 2.62 bits per heavy atom. The third-order valence-electron chi connectivity index (χ3n) is 3.49. The number of hydrogen-bond acceptors (Lipinski definition) is 1. The second-order valence-corrected chi connectivity index (χ2v) is 6.06. The van der Waals surface area contributed by atoms with Crippen LogP contribution in [-0.2, 0) is 17.6 Å². The summed E-state index contributed by atoms with van der Waals surface area (Å²) in [4.78, 5) is 11.5. The Labute approximate surface area is 131 Å². The van der Waals surface area contributed by atoms with Crippen LogP contribution in [0.5, 0.6) is 0 Å². The SMILES string of the molecule is Cc1cc(F)ccc1CC(Cc1cccc(Br)c1)C(=O)O. The molecule has 2 aromatic rings. The predicted octanol–water partition coefficient (Wildman–Crippen LogP) is 4.38. The minimum Gasteiger partial charge on any atom is -0.481 e. The second-order valence-electron chi connectivity index (χ2n) is 5.14. The molecule has 0 heterocycles. The van der Waals surface area contributed by atoms with E-state index in [1.165, 1.54) is 12.1 Å². The van der Waals surface area contributed by atoms with Crippen molar-refractivity contribution in [2.75, 3.05) is 0 Å². The van der Waals surface area contributed by atoms with Gasteiger partial charge < -0.3 is 5.11 Å². The van der Waals surface area contributed by atoms with Crippen LogP contribution in [0.3, 0.4) is 0 Å². The monoisotopic (exact) mass is 350 g/mol. The van der Waals surface area contributed by atoms with Crippen molar-refractivity contribution < 1.29 is 14.3 Å². The highest BCUT2D eigenvalue weighted by atomic mass is 79.9. The Kier molecular flexibility index (Phi) is 5.12. The predicted molar refractivity (Wildman–Crippen MR) is 83.8 cm³/mol. The van der Waals surface area contributed by atoms with Gasteiger partial charge in [-0.05, 0) is 60.7 Å². The first-order valence-corrected chi connectivity index (χ1v) is 7.47. The number of hydrogen-bond donors (Lipinski definition) is 1. The molecule has 0 fully saturated rings. The number of carboxylic acid groups (broad SMARTS) is 1. The van der Waals surface area contributed by atoms with Crippen molar-refractivity contribution in [1.82, 2.24) is 0 Å². The maximum Gasteiger partial charge on any atom is 0.307 e. The lowest BCUT2D eigenvalue weighted by Gasteiger charge is -2.14. The van der Waals surface area contributed by atoms with Crippen LogP contribution in [0.4, 0.5) is 4.39 Å². The van der Waals surface area contributed by atoms with Gasteiger partial charge >= 0.3 is 5.97 Å². The van der Waals surface area contributed by atoms with Crippen LogP contribution in [0.2, 0.25) is 0 Å². The molecule has 21 heavy (non-hydrogen) atoms. The summed E-state index contributed by atoms with van der Waals surface area (Å²) in [6.07, 6.45) is 0.847. The third-order valence-corrected chi connectivity index (χ3v) is 3.98. The van der Waals surface area contributed by atoms with Crippen molar-refractivity contribution >= 4 is 21.9 Å². The van der Waals surface area contributed by atoms with Crippen molar-refractivity contribution in [1.29, 1.82) is 0 Å². The molecule has 0 aliphatic heterocycles. The van der Waals surface area contributed by atoms with E-state index in [0.29, 0.717) is 12.8 Å². The van der Waals surface area contributed by atoms with Gasteiger partial charge in [-0.15, -0.1) is 0 Å². The van der Waals surface area contributed by atoms with E-state index in [9.17, 15) is 14.3 Å². The van der Waals surface area contributed by atoms with E-state index in [0.717, 1.165) is 21.2 Å². The van der Waals surface area contributed by atoms with Gasteiger partial charge in [0, 0.05) is 4.47 Å². The fourth-order valence-corrected chi connectivity index (χ4v) is 2.80. The number of carbonyl (C=O) groups is 1. The van der Waals surface area contributed by atoms with Crippen molar-refractivity contribution in [2.45, 2.75) is 19.8 Å². The van der Waals surface area contributed by atoms with Gasteiger partial charge in [-0.3, -0.25) is 4.79 Å². The first-order chi connectivity index (χ1) is 9.95. The maximum atomic E-state index is 13.1. The molecule has 4 heteroatoms. The van der Waals surface area contributed by atoms with Gasteiger partial charge in [0.25, 0.3) is 0 Å². The van der Waals surface area contributed by atoms with Gasteiger partial charge in [0.1, 0.15) is 5.82 Å². The van der Waals surface area contributed by atoms with E-state index in [1.807, 2.05) is 24.3 Å². The topological polar surface area (TPSA) is 37.3 Å². The van der Waals surface area contributed by atoms with Crippen LogP contribution in [0.1, 0.15) is 16.7 Å². The number of aliphatic carboxylic acids is 1. The van der Waals surface area contributed by atoms with E-state index in [-0.39, 0.29) is 5.82 Å². The molecule has 0 aliphatic carbocycles. The largest absolute Gasteiger partial charge is 0.481 e. The summed E-state index contributed by atoms with van der Waals surface area (Å²) in [5.74, 6) is -1.66. The molecule has 2 rings (SSSR count). The molecule has 0 aromatic heterocycles. The highest BCUT2D eigenvalue weighted by Gasteiger charge is 2.19. The maximum absolute atomic E-state index is 13.1. The summed E-state index contributed by atoms with van der Waals surface area (Å²) in [5.41, 5.74) is 2.63. The fourth-order valence-electron chi connectivity index (χ4n) is 2.35. The van der Waals surface area contributed by atoms with Crippen LogP contribution in [0.15, 0.2) is 46.9 Å². The molecule has 1 unspecified atom stereocenters. The molecule has 0 amide bonds. The zero-order valence-corrected chi connectivity index (χ0v) is 13.2. The molecule has 110 valence electrons. The Hall–Kier alpha value is -1.68. The smallest absolute Gasteiger partial charge is 0.307 e. The fraction of sp³-hybridized carbons (Fsp3) is 0.235. The number of carboxylic acids is 1. The van der Waals surface area contributed by atoms with Gasteiger partial charge in [0.05, 0.1) is 5.92 Å². The molecule has 0 saturated carbocycles. The molecule has 0 aliphatic rings. The third kappa shape index (κ3) is 4.39. The Balaban J connectivity index is 2.18. The molecule has 1 N–H and O–H groups in total. The van der Waals surface area contributed by atoms with Crippen LogP contribution < -0.4 is 0 Å². The number of benzene rings is 2. The van der Waals surface area contributed by atoms with E-state index >= 15 is 0 Å². The van der Waals surface area contributed by atoms with Gasteiger partial charge in [0.2, 0.25) is 0 Å². The number of halogens is 2. The molecule has 0 bridgehead atoms. The highest BCUT2D eigenvalue weighted by Crippen LogP contribution is 2.20. The minimum absolute atomic E-state index is 0.296. The molecule has 2 aromatic carbocycles.